The van der Waals surface area contributed by atoms with Gasteiger partial charge in [0.2, 0.25) is 5.91 Å². The quantitative estimate of drug-likeness (QED) is 0.186. The molecule has 44 heavy (non-hydrogen) atoms. The summed E-state index contributed by atoms with van der Waals surface area (Å²) >= 11 is 0. The summed E-state index contributed by atoms with van der Waals surface area (Å²) in [5, 5.41) is 14.6. The largest absolute Gasteiger partial charge is 0.573 e. The van der Waals surface area contributed by atoms with Gasteiger partial charge in [-0.2, -0.15) is 5.10 Å². The van der Waals surface area contributed by atoms with Gasteiger partial charge in [0, 0.05) is 25.0 Å². The monoisotopic (exact) mass is 622 g/mol. The van der Waals surface area contributed by atoms with Gasteiger partial charge in [-0.15, -0.1) is 13.2 Å². The third kappa shape index (κ3) is 5.29. The summed E-state index contributed by atoms with van der Waals surface area (Å²) in [6, 6.07) is 5.04. The average molecular weight is 623 g/mol. The molecule has 16 heteroatoms. The Kier molecular flexibility index (Phi) is 7.73. The van der Waals surface area contributed by atoms with Crippen LogP contribution in [0.1, 0.15) is 46.2 Å². The third-order valence-electron chi connectivity index (χ3n) is 7.82. The lowest BCUT2D eigenvalue weighted by Crippen LogP contribution is -2.49. The number of carbonyl (C=O) groups is 4. The van der Waals surface area contributed by atoms with Crippen LogP contribution in [0.2, 0.25) is 0 Å². The number of carboxylic acids is 1. The first-order chi connectivity index (χ1) is 20.7. The van der Waals surface area contributed by atoms with Gasteiger partial charge in [0.1, 0.15) is 30.6 Å². The molecule has 2 heterocycles. The molecule has 5 rings (SSSR count). The van der Waals surface area contributed by atoms with Crippen molar-refractivity contribution in [3.63, 3.8) is 0 Å². The maximum atomic E-state index is 15.3. The lowest BCUT2D eigenvalue weighted by molar-refractivity contribution is -0.276. The summed E-state index contributed by atoms with van der Waals surface area (Å²) in [6.07, 6.45) is -5.52. The second kappa shape index (κ2) is 11.1. The number of carboxylic acid groups (broad SMARTS) is 1. The number of Topliss-reactive ketones (excluding diaryl/α,β-unsaturated/α-hetero) is 1. The number of methoxy groups -OCH3 is 1. The van der Waals surface area contributed by atoms with Crippen LogP contribution in [0.4, 0.5) is 17.6 Å². The minimum absolute atomic E-state index is 0.00480. The van der Waals surface area contributed by atoms with Crippen LogP contribution in [0.5, 0.6) is 11.5 Å². The molecule has 3 atom stereocenters. The number of nitrogens with two attached hydrogens (primary N) is 1. The smallest absolute Gasteiger partial charge is 0.491 e. The Morgan fingerprint density at radius 2 is 1.89 bits per heavy atom. The third-order valence-corrected chi connectivity index (χ3v) is 7.82. The second-order valence-electron chi connectivity index (χ2n) is 10.5. The number of halogens is 4. The number of likely N-dealkylation sites (tertiary alicyclic amines) is 1. The van der Waals surface area contributed by atoms with Gasteiger partial charge in [0.25, 0.3) is 5.91 Å². The van der Waals surface area contributed by atoms with Gasteiger partial charge >= 0.3 is 12.3 Å². The van der Waals surface area contributed by atoms with Crippen LogP contribution >= 0.6 is 0 Å². The van der Waals surface area contributed by atoms with Gasteiger partial charge in [0.15, 0.2) is 17.3 Å². The van der Waals surface area contributed by atoms with Crippen LogP contribution in [0, 0.1) is 11.7 Å². The zero-order valence-electron chi connectivity index (χ0n) is 23.3. The molecule has 3 N–H and O–H groups in total. The molecule has 1 saturated carbocycles. The van der Waals surface area contributed by atoms with Crippen molar-refractivity contribution in [3.8, 4) is 11.5 Å². The molecule has 1 saturated heterocycles. The molecule has 0 bridgehead atoms. The van der Waals surface area contributed by atoms with Crippen LogP contribution in [0.25, 0.3) is 10.9 Å². The topological polar surface area (TPSA) is 163 Å². The van der Waals surface area contributed by atoms with Gasteiger partial charge in [0.05, 0.1) is 23.2 Å². The van der Waals surface area contributed by atoms with Crippen molar-refractivity contribution in [2.45, 2.75) is 44.3 Å². The number of aromatic nitrogens is 2. The molecule has 12 nitrogen and oxygen atoms in total. The Bertz CT molecular complexity index is 1690. The number of hydrogen-bond acceptors (Lipinski definition) is 8. The second-order valence-corrected chi connectivity index (χ2v) is 10.5. The fourth-order valence-electron chi connectivity index (χ4n) is 5.99. The van der Waals surface area contributed by atoms with Crippen molar-refractivity contribution in [1.29, 1.82) is 0 Å². The minimum atomic E-state index is -5.39. The summed E-state index contributed by atoms with van der Waals surface area (Å²) in [4.78, 5) is 51.2. The number of amides is 2. The highest BCUT2D eigenvalue weighted by Gasteiger charge is 2.70. The molecule has 0 radical (unpaired) electrons. The molecule has 1 aromatic heterocycles. The Morgan fingerprint density at radius 1 is 1.16 bits per heavy atom. The van der Waals surface area contributed by atoms with Crippen molar-refractivity contribution in [1.82, 2.24) is 14.7 Å². The average Bonchev–Trinajstić information content (AvgIpc) is 3.37. The number of rotatable bonds is 11. The summed E-state index contributed by atoms with van der Waals surface area (Å²) in [7, 11) is 1.50. The number of alkyl halides is 3. The molecule has 1 aliphatic carbocycles. The molecular weight excluding hydrogens is 596 g/mol. The fraction of sp³-hybridized carbons (Fsp3) is 0.393. The number of hydrogen-bond donors (Lipinski definition) is 2. The van der Waals surface area contributed by atoms with E-state index in [-0.39, 0.29) is 25.1 Å². The lowest BCUT2D eigenvalue weighted by atomic mass is 9.98. The first-order valence-corrected chi connectivity index (χ1v) is 13.3. The number of benzene rings is 2. The van der Waals surface area contributed by atoms with E-state index in [0.717, 1.165) is 17.0 Å². The predicted molar refractivity (Wildman–Crippen MR) is 141 cm³/mol. The number of aliphatic carboxylic acids is 1. The van der Waals surface area contributed by atoms with E-state index in [4.69, 9.17) is 15.2 Å². The maximum absolute atomic E-state index is 15.3. The predicted octanol–water partition coefficient (Wildman–Crippen LogP) is 3.00. The van der Waals surface area contributed by atoms with Crippen LogP contribution in [-0.2, 0) is 26.4 Å². The van der Waals surface area contributed by atoms with E-state index < -0.39 is 76.7 Å². The van der Waals surface area contributed by atoms with Crippen molar-refractivity contribution in [2.75, 3.05) is 20.3 Å². The van der Waals surface area contributed by atoms with Crippen molar-refractivity contribution >= 4 is 34.5 Å². The SMILES string of the molecule is COCCOc1ccc2c(c1)c(C(C)=O)nn2CC(=O)N1[C@H](C(=O)O)C[C@H]2C[C@@]21c1ccc(C(N)=O)c(F)c1OC(F)(F)F. The highest BCUT2D eigenvalue weighted by molar-refractivity contribution is 6.05. The Labute approximate surface area is 246 Å². The molecule has 0 unspecified atom stereocenters. The zero-order valence-corrected chi connectivity index (χ0v) is 23.3. The van der Waals surface area contributed by atoms with Crippen LogP contribution in [-0.4, -0.2) is 76.1 Å². The molecule has 2 amide bonds. The Morgan fingerprint density at radius 3 is 2.50 bits per heavy atom. The molecule has 2 aliphatic rings. The molecule has 3 aromatic rings. The first kappa shape index (κ1) is 30.7. The van der Waals surface area contributed by atoms with E-state index in [1.807, 2.05) is 0 Å². The summed E-state index contributed by atoms with van der Waals surface area (Å²) < 4.78 is 71.2. The summed E-state index contributed by atoms with van der Waals surface area (Å²) in [6.45, 7) is 1.19. The van der Waals surface area contributed by atoms with Crippen LogP contribution < -0.4 is 15.2 Å². The zero-order chi connectivity index (χ0) is 32.1. The summed E-state index contributed by atoms with van der Waals surface area (Å²) in [5.74, 6) is -7.40. The fourth-order valence-corrected chi connectivity index (χ4v) is 5.99. The number of nitrogens with zero attached hydrogens (tertiary/aromatic N) is 3. The lowest BCUT2D eigenvalue weighted by Gasteiger charge is -2.34. The van der Waals surface area contributed by atoms with Gasteiger partial charge < -0.3 is 30.0 Å². The number of ether oxygens (including phenoxy) is 3. The van der Waals surface area contributed by atoms with E-state index in [0.29, 0.717) is 23.3 Å². The molecule has 2 aromatic carbocycles. The molecule has 1 aliphatic heterocycles. The molecular formula is C28H26F4N4O8. The van der Waals surface area contributed by atoms with Crippen molar-refractivity contribution in [3.05, 3.63) is 53.0 Å². The first-order valence-electron chi connectivity index (χ1n) is 13.3. The number of carbonyl (C=O) groups excluding carboxylic acids is 3. The number of piperidine rings is 1. The van der Waals surface area contributed by atoms with Crippen molar-refractivity contribution < 1.29 is 56.1 Å². The molecule has 2 fully saturated rings. The highest BCUT2D eigenvalue weighted by atomic mass is 19.4. The maximum Gasteiger partial charge on any atom is 0.573 e. The van der Waals surface area contributed by atoms with Crippen LogP contribution in [0.15, 0.2) is 30.3 Å². The van der Waals surface area contributed by atoms with E-state index >= 15 is 4.39 Å². The standard InChI is InChI=1S/C28H26F4N4O8/c1-13(37)23-17-10-15(43-8-7-42-2)3-6-19(17)35(34-23)12-21(38)36-20(26(40)41)9-14-11-27(14,36)18-5-4-16(25(33)39)22(29)24(18)44-28(30,31)32/h3-6,10,14,20H,7-9,11-12H2,1-2H3,(H2,33,39)(H,40,41)/t14-,20-,27-/m0/s1. The normalized spacial score (nSPS) is 20.8. The number of primary amides is 1. The van der Waals surface area contributed by atoms with Gasteiger partial charge in [-0.1, -0.05) is 6.07 Å². The molecule has 0 spiro atoms. The van der Waals surface area contributed by atoms with Gasteiger partial charge in [-0.3, -0.25) is 19.1 Å². The number of ketones is 1. The van der Waals surface area contributed by atoms with Gasteiger partial charge in [-0.05, 0) is 43.0 Å². The Balaban J connectivity index is 1.57. The Hall–Kier alpha value is -4.73. The van der Waals surface area contributed by atoms with Gasteiger partial charge in [-0.25, -0.2) is 9.18 Å². The number of fused-ring (bicyclic) bond motifs is 2. The van der Waals surface area contributed by atoms with Crippen molar-refractivity contribution in [2.24, 2.45) is 11.7 Å². The van der Waals surface area contributed by atoms with E-state index in [2.05, 4.69) is 9.84 Å². The summed E-state index contributed by atoms with van der Waals surface area (Å²) in [5.41, 5.74) is 2.44. The highest BCUT2D eigenvalue weighted by Crippen LogP contribution is 2.66. The van der Waals surface area contributed by atoms with E-state index in [1.54, 1.807) is 18.2 Å². The minimum Gasteiger partial charge on any atom is -0.491 e. The van der Waals surface area contributed by atoms with Crippen LogP contribution in [0.3, 0.4) is 0 Å². The van der Waals surface area contributed by atoms with E-state index in [1.165, 1.54) is 18.7 Å². The van der Waals surface area contributed by atoms with E-state index in [9.17, 15) is 37.5 Å². The molecule has 234 valence electrons.